The quantitative estimate of drug-likeness (QED) is 0.425. The summed E-state index contributed by atoms with van der Waals surface area (Å²) in [5, 5.41) is 33.5. The smallest absolute Gasteiger partial charge is 0.478 e. The Bertz CT molecular complexity index is 579. The van der Waals surface area contributed by atoms with Crippen LogP contribution in [0.15, 0.2) is 16.8 Å². The predicted molar refractivity (Wildman–Crippen MR) is 81.0 cm³/mol. The van der Waals surface area contributed by atoms with Gasteiger partial charge in [0.25, 0.3) is 0 Å². The van der Waals surface area contributed by atoms with Crippen LogP contribution in [-0.4, -0.2) is 52.2 Å². The summed E-state index contributed by atoms with van der Waals surface area (Å²) in [5.74, 6) is -5.18. The number of carboxylic acid groups (broad SMARTS) is 2. The fourth-order valence-corrected chi connectivity index (χ4v) is 3.15. The molecule has 2 rings (SSSR count). The highest BCUT2D eigenvalue weighted by Gasteiger charge is 2.39. The fraction of sp³-hybridized carbons (Fsp3) is 0.462. The van der Waals surface area contributed by atoms with Gasteiger partial charge >= 0.3 is 19.1 Å². The SMILES string of the molecule is O=C(O)C[C@@H]1CC[C@H](NC(=O)C(C(=O)O)c2ccsc2)B(O)O1. The number of carbonyl (C=O) groups is 3. The third-order valence-corrected chi connectivity index (χ3v) is 4.29. The van der Waals surface area contributed by atoms with Gasteiger partial charge in [-0.25, -0.2) is 0 Å². The summed E-state index contributed by atoms with van der Waals surface area (Å²) in [5.41, 5.74) is 0.370. The van der Waals surface area contributed by atoms with E-state index in [1.165, 1.54) is 11.3 Å². The van der Waals surface area contributed by atoms with Crippen LogP contribution in [-0.2, 0) is 19.0 Å². The summed E-state index contributed by atoms with van der Waals surface area (Å²) in [7, 11) is -1.37. The first-order chi connectivity index (χ1) is 10.9. The van der Waals surface area contributed by atoms with Crippen molar-refractivity contribution >= 4 is 36.3 Å². The van der Waals surface area contributed by atoms with E-state index >= 15 is 0 Å². The molecule has 1 amide bonds. The van der Waals surface area contributed by atoms with Crippen molar-refractivity contribution in [1.82, 2.24) is 5.32 Å². The number of rotatable bonds is 6. The first-order valence-electron chi connectivity index (χ1n) is 6.99. The van der Waals surface area contributed by atoms with Crippen molar-refractivity contribution in [2.24, 2.45) is 0 Å². The normalized spacial score (nSPS) is 22.4. The number of thiophene rings is 1. The van der Waals surface area contributed by atoms with Gasteiger partial charge in [-0.2, -0.15) is 11.3 Å². The highest BCUT2D eigenvalue weighted by molar-refractivity contribution is 7.08. The minimum atomic E-state index is -1.37. The summed E-state index contributed by atoms with van der Waals surface area (Å²) in [6.45, 7) is 0. The molecule has 2 heterocycles. The molecule has 0 spiro atoms. The number of hydrogen-bond acceptors (Lipinski definition) is 6. The first-order valence-corrected chi connectivity index (χ1v) is 7.93. The second kappa shape index (κ2) is 7.58. The van der Waals surface area contributed by atoms with Gasteiger partial charge in [-0.1, -0.05) is 0 Å². The van der Waals surface area contributed by atoms with Crippen LogP contribution in [0, 0.1) is 0 Å². The van der Waals surface area contributed by atoms with E-state index in [4.69, 9.17) is 9.76 Å². The molecule has 0 radical (unpaired) electrons. The average Bonchev–Trinajstić information content (AvgIpc) is 2.94. The third kappa shape index (κ3) is 4.53. The van der Waals surface area contributed by atoms with Gasteiger partial charge in [-0.3, -0.25) is 14.4 Å². The topological polar surface area (TPSA) is 133 Å². The molecule has 0 aromatic carbocycles. The molecule has 23 heavy (non-hydrogen) atoms. The molecule has 124 valence electrons. The number of carboxylic acids is 2. The van der Waals surface area contributed by atoms with Gasteiger partial charge in [0.2, 0.25) is 5.91 Å². The van der Waals surface area contributed by atoms with Crippen LogP contribution < -0.4 is 5.32 Å². The lowest BCUT2D eigenvalue weighted by Crippen LogP contribution is -2.54. The van der Waals surface area contributed by atoms with E-state index in [1.807, 2.05) is 0 Å². The number of amides is 1. The number of nitrogens with one attached hydrogen (secondary N) is 1. The van der Waals surface area contributed by atoms with E-state index in [-0.39, 0.29) is 6.42 Å². The van der Waals surface area contributed by atoms with Crippen LogP contribution in [0.3, 0.4) is 0 Å². The van der Waals surface area contributed by atoms with E-state index in [2.05, 4.69) is 5.32 Å². The molecule has 1 fully saturated rings. The summed E-state index contributed by atoms with van der Waals surface area (Å²) >= 11 is 1.28. The zero-order valence-electron chi connectivity index (χ0n) is 12.0. The Kier molecular flexibility index (Phi) is 5.75. The summed E-state index contributed by atoms with van der Waals surface area (Å²) in [6.07, 6.45) is -0.196. The van der Waals surface area contributed by atoms with Crippen LogP contribution in [0.4, 0.5) is 0 Å². The Morgan fingerprint density at radius 3 is 2.65 bits per heavy atom. The predicted octanol–water partition coefficient (Wildman–Crippen LogP) is 0.0745. The zero-order valence-corrected chi connectivity index (χ0v) is 12.9. The zero-order chi connectivity index (χ0) is 17.0. The molecule has 3 atom stereocenters. The number of hydrogen-bond donors (Lipinski definition) is 4. The van der Waals surface area contributed by atoms with E-state index < -0.39 is 42.9 Å². The molecule has 1 aliphatic heterocycles. The van der Waals surface area contributed by atoms with Gasteiger partial charge in [0.05, 0.1) is 18.5 Å². The number of aliphatic carboxylic acids is 2. The Morgan fingerprint density at radius 2 is 2.13 bits per heavy atom. The Labute approximate surface area is 136 Å². The summed E-state index contributed by atoms with van der Waals surface area (Å²) < 4.78 is 5.16. The molecule has 1 aliphatic rings. The van der Waals surface area contributed by atoms with E-state index in [0.29, 0.717) is 18.4 Å². The second-order valence-electron chi connectivity index (χ2n) is 5.27. The molecule has 1 saturated heterocycles. The van der Waals surface area contributed by atoms with Gasteiger partial charge < -0.3 is 25.2 Å². The molecule has 8 nitrogen and oxygen atoms in total. The maximum absolute atomic E-state index is 12.2. The molecular weight excluding hydrogens is 325 g/mol. The largest absolute Gasteiger partial charge is 0.481 e. The van der Waals surface area contributed by atoms with Crippen molar-refractivity contribution in [1.29, 1.82) is 0 Å². The van der Waals surface area contributed by atoms with Gasteiger partial charge in [-0.15, -0.1) is 0 Å². The minimum Gasteiger partial charge on any atom is -0.481 e. The third-order valence-electron chi connectivity index (χ3n) is 3.59. The molecule has 1 unspecified atom stereocenters. The van der Waals surface area contributed by atoms with Crippen molar-refractivity contribution in [3.63, 3.8) is 0 Å². The van der Waals surface area contributed by atoms with E-state index in [1.54, 1.807) is 16.8 Å². The lowest BCUT2D eigenvalue weighted by atomic mass is 9.72. The van der Waals surface area contributed by atoms with Crippen molar-refractivity contribution < 1.29 is 34.3 Å². The molecule has 0 saturated carbocycles. The van der Waals surface area contributed by atoms with Gasteiger partial charge in [-0.05, 0) is 35.2 Å². The van der Waals surface area contributed by atoms with Gasteiger partial charge in [0, 0.05) is 0 Å². The minimum absolute atomic E-state index is 0.232. The van der Waals surface area contributed by atoms with Crippen molar-refractivity contribution in [3.8, 4) is 0 Å². The summed E-state index contributed by atoms with van der Waals surface area (Å²) in [4.78, 5) is 34.2. The maximum Gasteiger partial charge on any atom is 0.478 e. The Morgan fingerprint density at radius 1 is 1.39 bits per heavy atom. The Hall–Kier alpha value is -1.91. The van der Waals surface area contributed by atoms with Crippen LogP contribution in [0.5, 0.6) is 0 Å². The van der Waals surface area contributed by atoms with Crippen molar-refractivity contribution in [2.75, 3.05) is 0 Å². The molecule has 0 bridgehead atoms. The first kappa shape index (κ1) is 17.4. The van der Waals surface area contributed by atoms with E-state index in [0.717, 1.165) is 0 Å². The highest BCUT2D eigenvalue weighted by Crippen LogP contribution is 2.22. The van der Waals surface area contributed by atoms with Crippen LogP contribution in [0.1, 0.15) is 30.7 Å². The average molecular weight is 341 g/mol. The van der Waals surface area contributed by atoms with Gasteiger partial charge in [0.15, 0.2) is 5.92 Å². The lowest BCUT2D eigenvalue weighted by Gasteiger charge is -2.31. The fourth-order valence-electron chi connectivity index (χ4n) is 2.47. The molecule has 0 aliphatic carbocycles. The monoisotopic (exact) mass is 341 g/mol. The standard InChI is InChI=1S/C13H16BNO7S/c16-10(17)5-8-1-2-9(14(21)22-8)15-12(18)11(13(19)20)7-3-4-23-6-7/h3-4,6,8-9,11,21H,1-2,5H2,(H,15,18)(H,16,17)(H,19,20)/t8-,9-,11?/m0/s1. The van der Waals surface area contributed by atoms with Gasteiger partial charge in [0.1, 0.15) is 0 Å². The maximum atomic E-state index is 12.2. The van der Waals surface area contributed by atoms with Crippen LogP contribution in [0.25, 0.3) is 0 Å². The molecule has 1 aromatic rings. The highest BCUT2D eigenvalue weighted by atomic mass is 32.1. The molecular formula is C13H16BNO7S. The number of carbonyl (C=O) groups excluding carboxylic acids is 1. The lowest BCUT2D eigenvalue weighted by molar-refractivity contribution is -0.144. The summed E-state index contributed by atoms with van der Waals surface area (Å²) in [6, 6.07) is 1.56. The molecule has 4 N–H and O–H groups in total. The van der Waals surface area contributed by atoms with Crippen LogP contribution in [0.2, 0.25) is 0 Å². The van der Waals surface area contributed by atoms with Crippen molar-refractivity contribution in [2.45, 2.75) is 37.2 Å². The second-order valence-corrected chi connectivity index (χ2v) is 6.05. The van der Waals surface area contributed by atoms with E-state index in [9.17, 15) is 24.5 Å². The van der Waals surface area contributed by atoms with Crippen LogP contribution >= 0.6 is 11.3 Å². The van der Waals surface area contributed by atoms with Crippen molar-refractivity contribution in [3.05, 3.63) is 22.4 Å². The molecule has 1 aromatic heterocycles. The molecule has 10 heteroatoms. The Balaban J connectivity index is 1.97.